The number of ether oxygens (including phenoxy) is 1. The Balaban J connectivity index is 1.48. The summed E-state index contributed by atoms with van der Waals surface area (Å²) in [5.74, 6) is -1.16. The Morgan fingerprint density at radius 1 is 0.833 bits per heavy atom. The van der Waals surface area contributed by atoms with Gasteiger partial charge in [-0.05, 0) is 64.9 Å². The van der Waals surface area contributed by atoms with Gasteiger partial charge in [0, 0.05) is 15.6 Å². The number of rotatable bonds is 5. The molecule has 4 aromatic carbocycles. The van der Waals surface area contributed by atoms with Crippen LogP contribution in [0.15, 0.2) is 90.5 Å². The Morgan fingerprint density at radius 2 is 1.56 bits per heavy atom. The molecule has 0 saturated carbocycles. The lowest BCUT2D eigenvalue weighted by molar-refractivity contribution is -0.122. The second kappa shape index (κ2) is 9.85. The summed E-state index contributed by atoms with van der Waals surface area (Å²) >= 11 is 12.1. The number of carbonyl (C=O) groups excluding carboxylic acids is 3. The van der Waals surface area contributed by atoms with Gasteiger partial charge < -0.3 is 4.74 Å². The Morgan fingerprint density at radius 3 is 2.36 bits per heavy atom. The average molecular weight is 517 g/mol. The van der Waals surface area contributed by atoms with Crippen molar-refractivity contribution in [2.24, 2.45) is 0 Å². The predicted octanol–water partition coefficient (Wildman–Crippen LogP) is 6.39. The number of amides is 4. The van der Waals surface area contributed by atoms with Crippen molar-refractivity contribution >= 4 is 63.6 Å². The lowest BCUT2D eigenvalue weighted by atomic mass is 10.0. The summed E-state index contributed by atoms with van der Waals surface area (Å²) in [7, 11) is 0. The first-order valence-corrected chi connectivity index (χ1v) is 11.7. The zero-order valence-electron chi connectivity index (χ0n) is 18.7. The number of nitrogens with one attached hydrogen (secondary N) is 1. The molecule has 1 N–H and O–H groups in total. The smallest absolute Gasteiger partial charge is 0.335 e. The van der Waals surface area contributed by atoms with E-state index in [4.69, 9.17) is 27.9 Å². The van der Waals surface area contributed by atoms with Gasteiger partial charge in [0.2, 0.25) is 0 Å². The maximum Gasteiger partial charge on any atom is 0.335 e. The fraction of sp³-hybridized carbons (Fsp3) is 0.0357. The van der Waals surface area contributed by atoms with E-state index in [0.717, 1.165) is 21.2 Å². The second-order valence-corrected chi connectivity index (χ2v) is 8.92. The minimum absolute atomic E-state index is 0.234. The normalized spacial score (nSPS) is 14.9. The molecular formula is C28H18Cl2N2O4. The van der Waals surface area contributed by atoms with Gasteiger partial charge >= 0.3 is 6.03 Å². The van der Waals surface area contributed by atoms with Gasteiger partial charge in [-0.25, -0.2) is 9.69 Å². The number of fused-ring (bicyclic) bond motifs is 1. The van der Waals surface area contributed by atoms with Crippen molar-refractivity contribution in [2.75, 3.05) is 4.90 Å². The van der Waals surface area contributed by atoms with E-state index in [2.05, 4.69) is 5.32 Å². The zero-order chi connectivity index (χ0) is 25.2. The van der Waals surface area contributed by atoms with E-state index in [0.29, 0.717) is 21.4 Å². The number of nitrogens with zero attached hydrogens (tertiary/aromatic N) is 1. The fourth-order valence-corrected chi connectivity index (χ4v) is 4.28. The van der Waals surface area contributed by atoms with Crippen LogP contribution in [-0.2, 0) is 16.2 Å². The average Bonchev–Trinajstić information content (AvgIpc) is 2.87. The molecule has 1 aliphatic rings. The lowest BCUT2D eigenvalue weighted by Gasteiger charge is -2.26. The van der Waals surface area contributed by atoms with Crippen molar-refractivity contribution in [3.8, 4) is 5.75 Å². The van der Waals surface area contributed by atoms with Crippen molar-refractivity contribution in [3.05, 3.63) is 112 Å². The third kappa shape index (κ3) is 4.69. The van der Waals surface area contributed by atoms with Gasteiger partial charge in [0.15, 0.2) is 0 Å². The molecule has 1 heterocycles. The zero-order valence-corrected chi connectivity index (χ0v) is 20.2. The van der Waals surface area contributed by atoms with Crippen LogP contribution in [0.1, 0.15) is 11.1 Å². The molecule has 178 valence electrons. The lowest BCUT2D eigenvalue weighted by Crippen LogP contribution is -2.54. The predicted molar refractivity (Wildman–Crippen MR) is 140 cm³/mol. The molecule has 0 aliphatic carbocycles. The number of imide groups is 2. The number of hydrogen-bond donors (Lipinski definition) is 1. The first kappa shape index (κ1) is 23.6. The minimum atomic E-state index is -0.844. The largest absolute Gasteiger partial charge is 0.488 e. The van der Waals surface area contributed by atoms with Crippen LogP contribution >= 0.6 is 23.2 Å². The number of barbiturate groups is 1. The summed E-state index contributed by atoms with van der Waals surface area (Å²) in [6.07, 6.45) is 1.37. The van der Waals surface area contributed by atoms with E-state index in [1.807, 2.05) is 42.5 Å². The van der Waals surface area contributed by atoms with Crippen molar-refractivity contribution < 1.29 is 19.1 Å². The van der Waals surface area contributed by atoms with Gasteiger partial charge in [0.1, 0.15) is 17.9 Å². The van der Waals surface area contributed by atoms with Crippen LogP contribution in [0.3, 0.4) is 0 Å². The topological polar surface area (TPSA) is 75.7 Å². The third-order valence-electron chi connectivity index (χ3n) is 5.72. The van der Waals surface area contributed by atoms with E-state index in [9.17, 15) is 14.4 Å². The Kier molecular flexibility index (Phi) is 6.46. The van der Waals surface area contributed by atoms with Crippen LogP contribution in [0.25, 0.3) is 16.8 Å². The molecule has 1 saturated heterocycles. The standard InChI is InChI=1S/C28H18Cl2N2O4/c29-20-8-11-22(12-9-20)32-27(34)24(26(33)31-28(32)35)15-19-14-21(30)10-13-25(19)36-16-18-6-3-5-17-4-1-2-7-23(17)18/h1-15H,16H2,(H,31,33,35)/b24-15+. The van der Waals surface area contributed by atoms with E-state index in [1.165, 1.54) is 18.2 Å². The highest BCUT2D eigenvalue weighted by Crippen LogP contribution is 2.29. The molecule has 0 atom stereocenters. The molecule has 36 heavy (non-hydrogen) atoms. The van der Waals surface area contributed by atoms with Gasteiger partial charge in [-0.2, -0.15) is 0 Å². The molecule has 0 unspecified atom stereocenters. The molecule has 5 rings (SSSR count). The molecule has 0 aromatic heterocycles. The van der Waals surface area contributed by atoms with Gasteiger partial charge in [-0.1, -0.05) is 65.7 Å². The van der Waals surface area contributed by atoms with E-state index in [-0.39, 0.29) is 17.9 Å². The van der Waals surface area contributed by atoms with Crippen LogP contribution in [0.4, 0.5) is 10.5 Å². The second-order valence-electron chi connectivity index (χ2n) is 8.04. The highest BCUT2D eigenvalue weighted by molar-refractivity contribution is 6.39. The molecular weight excluding hydrogens is 499 g/mol. The summed E-state index contributed by atoms with van der Waals surface area (Å²) in [5.41, 5.74) is 1.44. The molecule has 8 heteroatoms. The summed E-state index contributed by atoms with van der Waals surface area (Å²) in [5, 5.41) is 5.20. The number of hydrogen-bond acceptors (Lipinski definition) is 4. The Labute approximate surface area is 216 Å². The first-order chi connectivity index (χ1) is 17.4. The van der Waals surface area contributed by atoms with Crippen molar-refractivity contribution in [2.45, 2.75) is 6.61 Å². The molecule has 0 radical (unpaired) electrons. The number of halogens is 2. The number of benzene rings is 4. The maximum atomic E-state index is 13.2. The van der Waals surface area contributed by atoms with Crippen LogP contribution in [-0.4, -0.2) is 17.8 Å². The summed E-state index contributed by atoms with van der Waals surface area (Å²) in [4.78, 5) is 39.2. The number of carbonyl (C=O) groups is 3. The number of urea groups is 1. The summed E-state index contributed by atoms with van der Waals surface area (Å²) in [6, 6.07) is 24.2. The first-order valence-electron chi connectivity index (χ1n) is 11.0. The van der Waals surface area contributed by atoms with Crippen molar-refractivity contribution in [3.63, 3.8) is 0 Å². The van der Waals surface area contributed by atoms with Crippen LogP contribution < -0.4 is 15.0 Å². The summed E-state index contributed by atoms with van der Waals surface area (Å²) < 4.78 is 6.10. The van der Waals surface area contributed by atoms with E-state index >= 15 is 0 Å². The summed E-state index contributed by atoms with van der Waals surface area (Å²) in [6.45, 7) is 0.259. The van der Waals surface area contributed by atoms with Gasteiger partial charge in [0.05, 0.1) is 5.69 Å². The van der Waals surface area contributed by atoms with Crippen molar-refractivity contribution in [1.82, 2.24) is 5.32 Å². The maximum absolute atomic E-state index is 13.2. The van der Waals surface area contributed by atoms with Gasteiger partial charge in [0.25, 0.3) is 11.8 Å². The highest BCUT2D eigenvalue weighted by Gasteiger charge is 2.37. The van der Waals surface area contributed by atoms with Gasteiger partial charge in [-0.3, -0.25) is 14.9 Å². The SMILES string of the molecule is O=C1NC(=O)N(c2ccc(Cl)cc2)C(=O)/C1=C/c1cc(Cl)ccc1OCc1cccc2ccccc12. The van der Waals surface area contributed by atoms with Crippen LogP contribution in [0.2, 0.25) is 10.0 Å². The molecule has 0 spiro atoms. The highest BCUT2D eigenvalue weighted by atomic mass is 35.5. The Hall–Kier alpha value is -4.13. The van der Waals surface area contributed by atoms with Crippen LogP contribution in [0, 0.1) is 0 Å². The molecule has 4 amide bonds. The minimum Gasteiger partial charge on any atom is -0.488 e. The van der Waals surface area contributed by atoms with Crippen LogP contribution in [0.5, 0.6) is 5.75 Å². The molecule has 6 nitrogen and oxygen atoms in total. The molecule has 1 aliphatic heterocycles. The molecule has 0 bridgehead atoms. The Bertz CT molecular complexity index is 1540. The fourth-order valence-electron chi connectivity index (χ4n) is 3.98. The monoisotopic (exact) mass is 516 g/mol. The third-order valence-corrected chi connectivity index (χ3v) is 6.21. The number of anilines is 1. The quantitative estimate of drug-likeness (QED) is 0.246. The van der Waals surface area contributed by atoms with Crippen molar-refractivity contribution in [1.29, 1.82) is 0 Å². The molecule has 1 fully saturated rings. The molecule has 4 aromatic rings. The van der Waals surface area contributed by atoms with Gasteiger partial charge in [-0.15, -0.1) is 0 Å². The van der Waals surface area contributed by atoms with E-state index in [1.54, 1.807) is 30.3 Å². The van der Waals surface area contributed by atoms with E-state index < -0.39 is 17.8 Å².